The molecule has 0 saturated heterocycles. The van der Waals surface area contributed by atoms with E-state index in [1.54, 1.807) is 7.05 Å². The summed E-state index contributed by atoms with van der Waals surface area (Å²) in [6.45, 7) is 3.11. The van der Waals surface area contributed by atoms with Crippen LogP contribution < -0.4 is 16.0 Å². The van der Waals surface area contributed by atoms with E-state index in [0.717, 1.165) is 13.0 Å². The molecule has 23 heavy (non-hydrogen) atoms. The minimum Gasteiger partial charge on any atom is -0.356 e. The van der Waals surface area contributed by atoms with Gasteiger partial charge in [-0.25, -0.2) is 4.39 Å². The molecule has 0 saturated carbocycles. The van der Waals surface area contributed by atoms with Crippen LogP contribution in [0.4, 0.5) is 10.1 Å². The second-order valence-electron chi connectivity index (χ2n) is 4.97. The SMILES string of the molecule is CCCCCCNC(=NC)NCC(=O)Nc1ccc(F)cc1.I. The van der Waals surface area contributed by atoms with Crippen molar-refractivity contribution >= 4 is 41.5 Å². The van der Waals surface area contributed by atoms with Crippen molar-refractivity contribution in [3.63, 3.8) is 0 Å². The van der Waals surface area contributed by atoms with Crippen molar-refractivity contribution in [3.05, 3.63) is 30.1 Å². The molecule has 1 aromatic carbocycles. The number of amides is 1. The summed E-state index contributed by atoms with van der Waals surface area (Å²) in [5.74, 6) is 0.0649. The van der Waals surface area contributed by atoms with Crippen molar-refractivity contribution in [2.75, 3.05) is 25.5 Å². The van der Waals surface area contributed by atoms with Crippen LogP contribution in [0.15, 0.2) is 29.3 Å². The van der Waals surface area contributed by atoms with Gasteiger partial charge >= 0.3 is 0 Å². The van der Waals surface area contributed by atoms with Crippen LogP contribution in [0.1, 0.15) is 32.6 Å². The molecule has 0 aromatic heterocycles. The lowest BCUT2D eigenvalue weighted by atomic mass is 10.2. The lowest BCUT2D eigenvalue weighted by Gasteiger charge is -2.12. The van der Waals surface area contributed by atoms with Gasteiger partial charge in [-0.1, -0.05) is 26.2 Å². The standard InChI is InChI=1S/C16H25FN4O.HI/c1-3-4-5-6-11-19-16(18-2)20-12-15(22)21-14-9-7-13(17)8-10-14;/h7-10H,3-6,11-12H2,1-2H3,(H,21,22)(H2,18,19,20);1H. The van der Waals surface area contributed by atoms with Crippen LogP contribution in [0.3, 0.4) is 0 Å². The number of rotatable bonds is 8. The van der Waals surface area contributed by atoms with Crippen LogP contribution >= 0.6 is 24.0 Å². The molecule has 0 radical (unpaired) electrons. The number of benzene rings is 1. The maximum atomic E-state index is 12.8. The van der Waals surface area contributed by atoms with Gasteiger partial charge in [-0.3, -0.25) is 9.79 Å². The molecule has 3 N–H and O–H groups in total. The van der Waals surface area contributed by atoms with Gasteiger partial charge in [-0.15, -0.1) is 24.0 Å². The van der Waals surface area contributed by atoms with Crippen LogP contribution in [0.5, 0.6) is 0 Å². The average molecular weight is 436 g/mol. The van der Waals surface area contributed by atoms with Gasteiger partial charge in [0.1, 0.15) is 5.82 Å². The lowest BCUT2D eigenvalue weighted by molar-refractivity contribution is -0.115. The van der Waals surface area contributed by atoms with E-state index in [4.69, 9.17) is 0 Å². The van der Waals surface area contributed by atoms with E-state index in [2.05, 4.69) is 27.9 Å². The number of guanidine groups is 1. The smallest absolute Gasteiger partial charge is 0.243 e. The highest BCUT2D eigenvalue weighted by Crippen LogP contribution is 2.07. The average Bonchev–Trinajstić information content (AvgIpc) is 2.52. The number of nitrogens with one attached hydrogen (secondary N) is 3. The third-order valence-corrected chi connectivity index (χ3v) is 3.09. The van der Waals surface area contributed by atoms with E-state index < -0.39 is 0 Å². The first-order valence-corrected chi connectivity index (χ1v) is 7.65. The summed E-state index contributed by atoms with van der Waals surface area (Å²) < 4.78 is 12.8. The minimum atomic E-state index is -0.330. The van der Waals surface area contributed by atoms with Crippen molar-refractivity contribution in [1.29, 1.82) is 0 Å². The maximum Gasteiger partial charge on any atom is 0.243 e. The Kier molecular flexibility index (Phi) is 12.3. The summed E-state index contributed by atoms with van der Waals surface area (Å²) in [5.41, 5.74) is 0.565. The highest BCUT2D eigenvalue weighted by Gasteiger charge is 2.04. The highest BCUT2D eigenvalue weighted by molar-refractivity contribution is 14.0. The van der Waals surface area contributed by atoms with E-state index in [9.17, 15) is 9.18 Å². The molecule has 0 unspecified atom stereocenters. The summed E-state index contributed by atoms with van der Waals surface area (Å²) in [5, 5.41) is 8.79. The molecular formula is C16H26FIN4O. The zero-order chi connectivity index (χ0) is 16.2. The van der Waals surface area contributed by atoms with Gasteiger partial charge in [0.15, 0.2) is 5.96 Å². The van der Waals surface area contributed by atoms with Crippen molar-refractivity contribution in [2.45, 2.75) is 32.6 Å². The number of anilines is 1. The Morgan fingerprint density at radius 1 is 1.13 bits per heavy atom. The van der Waals surface area contributed by atoms with Crippen LogP contribution in [-0.4, -0.2) is 32.0 Å². The molecule has 0 heterocycles. The Hall–Kier alpha value is -1.38. The first-order chi connectivity index (χ1) is 10.7. The highest BCUT2D eigenvalue weighted by atomic mass is 127. The Morgan fingerprint density at radius 3 is 2.43 bits per heavy atom. The molecule has 1 amide bonds. The summed E-state index contributed by atoms with van der Waals surface area (Å²) in [4.78, 5) is 15.8. The fraction of sp³-hybridized carbons (Fsp3) is 0.500. The Bertz CT molecular complexity index is 479. The van der Waals surface area contributed by atoms with Gasteiger partial charge in [0.2, 0.25) is 5.91 Å². The number of aliphatic imine (C=N–C) groups is 1. The Morgan fingerprint density at radius 2 is 1.83 bits per heavy atom. The van der Waals surface area contributed by atoms with Crippen molar-refractivity contribution < 1.29 is 9.18 Å². The molecule has 0 aliphatic rings. The van der Waals surface area contributed by atoms with Gasteiger partial charge in [0.25, 0.3) is 0 Å². The summed E-state index contributed by atoms with van der Waals surface area (Å²) in [6.07, 6.45) is 4.70. The van der Waals surface area contributed by atoms with E-state index in [-0.39, 0.29) is 42.2 Å². The normalized spacial score (nSPS) is 10.7. The third kappa shape index (κ3) is 10.1. The molecule has 0 aliphatic heterocycles. The van der Waals surface area contributed by atoms with Gasteiger partial charge in [-0.2, -0.15) is 0 Å². The molecule has 7 heteroatoms. The third-order valence-electron chi connectivity index (χ3n) is 3.09. The van der Waals surface area contributed by atoms with E-state index in [1.165, 1.54) is 43.5 Å². The van der Waals surface area contributed by atoms with Gasteiger partial charge in [0, 0.05) is 19.3 Å². The van der Waals surface area contributed by atoms with Gasteiger partial charge in [-0.05, 0) is 30.7 Å². The van der Waals surface area contributed by atoms with Gasteiger partial charge < -0.3 is 16.0 Å². The second-order valence-corrected chi connectivity index (χ2v) is 4.97. The second kappa shape index (κ2) is 13.1. The molecule has 1 aromatic rings. The summed E-state index contributed by atoms with van der Waals surface area (Å²) in [6, 6.07) is 5.65. The predicted molar refractivity (Wildman–Crippen MR) is 104 cm³/mol. The fourth-order valence-electron chi connectivity index (χ4n) is 1.88. The molecule has 0 fully saturated rings. The Balaban J connectivity index is 0.00000484. The number of nitrogens with zero attached hydrogens (tertiary/aromatic N) is 1. The molecule has 5 nitrogen and oxygen atoms in total. The molecule has 1 rings (SSSR count). The van der Waals surface area contributed by atoms with Crippen LogP contribution in [0, 0.1) is 5.82 Å². The first-order valence-electron chi connectivity index (χ1n) is 7.65. The molecule has 0 spiro atoms. The number of carbonyl (C=O) groups is 1. The van der Waals surface area contributed by atoms with Crippen LogP contribution in [-0.2, 0) is 4.79 Å². The monoisotopic (exact) mass is 436 g/mol. The topological polar surface area (TPSA) is 65.5 Å². The number of carbonyl (C=O) groups excluding carboxylic acids is 1. The van der Waals surface area contributed by atoms with Crippen molar-refractivity contribution in [3.8, 4) is 0 Å². The van der Waals surface area contributed by atoms with E-state index in [0.29, 0.717) is 11.6 Å². The lowest BCUT2D eigenvalue weighted by Crippen LogP contribution is -2.41. The Labute approximate surface area is 154 Å². The molecule has 0 aliphatic carbocycles. The molecule has 0 atom stereocenters. The van der Waals surface area contributed by atoms with Crippen molar-refractivity contribution in [1.82, 2.24) is 10.6 Å². The molecule has 0 bridgehead atoms. The van der Waals surface area contributed by atoms with E-state index in [1.807, 2.05) is 0 Å². The molecular weight excluding hydrogens is 410 g/mol. The molecule has 130 valence electrons. The number of hydrogen-bond donors (Lipinski definition) is 3. The zero-order valence-corrected chi connectivity index (χ0v) is 16.0. The van der Waals surface area contributed by atoms with Crippen molar-refractivity contribution in [2.24, 2.45) is 4.99 Å². The van der Waals surface area contributed by atoms with Crippen LogP contribution in [0.2, 0.25) is 0 Å². The quantitative estimate of drug-likeness (QED) is 0.254. The minimum absolute atomic E-state index is 0. The zero-order valence-electron chi connectivity index (χ0n) is 13.7. The summed E-state index contributed by atoms with van der Waals surface area (Å²) >= 11 is 0. The predicted octanol–water partition coefficient (Wildman–Crippen LogP) is 3.13. The number of halogens is 2. The first kappa shape index (κ1) is 21.6. The largest absolute Gasteiger partial charge is 0.356 e. The maximum absolute atomic E-state index is 12.8. The summed E-state index contributed by atoms with van der Waals surface area (Å²) in [7, 11) is 1.67. The van der Waals surface area contributed by atoms with Gasteiger partial charge in [0.05, 0.1) is 6.54 Å². The van der Waals surface area contributed by atoms with Crippen LogP contribution in [0.25, 0.3) is 0 Å². The fourth-order valence-corrected chi connectivity index (χ4v) is 1.88. The number of unbranched alkanes of at least 4 members (excludes halogenated alkanes) is 3. The number of hydrogen-bond acceptors (Lipinski definition) is 2. The van der Waals surface area contributed by atoms with E-state index >= 15 is 0 Å².